The van der Waals surface area contributed by atoms with Crippen LogP contribution in [0, 0.1) is 6.92 Å². The second-order valence-electron chi connectivity index (χ2n) is 4.55. The minimum Gasteiger partial charge on any atom is -0.218 e. The number of rotatable bonds is 2. The molecule has 1 aromatic heterocycles. The van der Waals surface area contributed by atoms with Crippen molar-refractivity contribution in [1.82, 2.24) is 9.97 Å². The van der Waals surface area contributed by atoms with E-state index in [1.165, 1.54) is 0 Å². The van der Waals surface area contributed by atoms with Gasteiger partial charge in [-0.05, 0) is 18.5 Å². The van der Waals surface area contributed by atoms with Gasteiger partial charge in [0.15, 0.2) is 0 Å². The Balaban J connectivity index is 2.22. The van der Waals surface area contributed by atoms with Crippen molar-refractivity contribution in [2.45, 2.75) is 6.92 Å². The highest BCUT2D eigenvalue weighted by atomic mass is 35.5. The van der Waals surface area contributed by atoms with Crippen molar-refractivity contribution in [1.29, 1.82) is 0 Å². The quantitative estimate of drug-likeness (QED) is 0.632. The summed E-state index contributed by atoms with van der Waals surface area (Å²) >= 11 is 6.10. The Bertz CT molecular complexity index is 664. The lowest BCUT2D eigenvalue weighted by Crippen LogP contribution is -1.97. The topological polar surface area (TPSA) is 25.8 Å². The number of hydrogen-bond acceptors (Lipinski definition) is 2. The van der Waals surface area contributed by atoms with Gasteiger partial charge in [0.2, 0.25) is 5.28 Å². The number of benzene rings is 2. The third kappa shape index (κ3) is 2.43. The monoisotopic (exact) mass is 280 g/mol. The van der Waals surface area contributed by atoms with Crippen molar-refractivity contribution in [3.8, 4) is 22.5 Å². The van der Waals surface area contributed by atoms with Crippen LogP contribution in [0.2, 0.25) is 5.28 Å². The zero-order valence-electron chi connectivity index (χ0n) is 11.0. The summed E-state index contributed by atoms with van der Waals surface area (Å²) in [4.78, 5) is 8.77. The Kier molecular flexibility index (Phi) is 3.48. The summed E-state index contributed by atoms with van der Waals surface area (Å²) in [6.45, 7) is 2.03. The summed E-state index contributed by atoms with van der Waals surface area (Å²) in [7, 11) is 0. The fourth-order valence-corrected chi connectivity index (χ4v) is 2.41. The van der Waals surface area contributed by atoms with Gasteiger partial charge in [-0.1, -0.05) is 60.7 Å². The molecule has 3 heteroatoms. The van der Waals surface area contributed by atoms with Crippen LogP contribution in [-0.2, 0) is 0 Å². The normalized spacial score (nSPS) is 10.5. The molecule has 0 saturated heterocycles. The summed E-state index contributed by atoms with van der Waals surface area (Å²) in [6.07, 6.45) is 0. The molecule has 0 fully saturated rings. The summed E-state index contributed by atoms with van der Waals surface area (Å²) in [6, 6.07) is 20.1. The average molecular weight is 281 g/mol. The van der Waals surface area contributed by atoms with E-state index in [1.54, 1.807) is 0 Å². The third-order valence-electron chi connectivity index (χ3n) is 3.21. The Labute approximate surface area is 123 Å². The first-order valence-corrected chi connectivity index (χ1v) is 6.78. The largest absolute Gasteiger partial charge is 0.223 e. The molecule has 0 aliphatic rings. The van der Waals surface area contributed by atoms with Crippen LogP contribution in [0.4, 0.5) is 0 Å². The Hall–Kier alpha value is -2.19. The predicted octanol–water partition coefficient (Wildman–Crippen LogP) is 4.77. The van der Waals surface area contributed by atoms with Gasteiger partial charge in [0, 0.05) is 16.7 Å². The maximum atomic E-state index is 6.10. The predicted molar refractivity (Wildman–Crippen MR) is 82.7 cm³/mol. The zero-order valence-corrected chi connectivity index (χ0v) is 11.8. The highest BCUT2D eigenvalue weighted by Gasteiger charge is 2.12. The summed E-state index contributed by atoms with van der Waals surface area (Å²) in [5.41, 5.74) is 4.89. The van der Waals surface area contributed by atoms with E-state index in [1.807, 2.05) is 67.6 Å². The van der Waals surface area contributed by atoms with Gasteiger partial charge < -0.3 is 0 Å². The number of halogens is 1. The fourth-order valence-electron chi connectivity index (χ4n) is 2.24. The van der Waals surface area contributed by atoms with E-state index in [-0.39, 0.29) is 5.28 Å². The summed E-state index contributed by atoms with van der Waals surface area (Å²) < 4.78 is 0. The van der Waals surface area contributed by atoms with E-state index in [9.17, 15) is 0 Å². The molecule has 0 aliphatic carbocycles. The number of nitrogens with zero attached hydrogens (tertiary/aromatic N) is 2. The lowest BCUT2D eigenvalue weighted by atomic mass is 10.0. The molecule has 98 valence electrons. The SMILES string of the molecule is Cc1c(-c2ccccc2)nc(Cl)nc1-c1ccccc1. The van der Waals surface area contributed by atoms with Crippen LogP contribution >= 0.6 is 11.6 Å². The zero-order chi connectivity index (χ0) is 13.9. The van der Waals surface area contributed by atoms with Crippen molar-refractivity contribution >= 4 is 11.6 Å². The first-order chi connectivity index (χ1) is 9.75. The van der Waals surface area contributed by atoms with E-state index in [2.05, 4.69) is 9.97 Å². The van der Waals surface area contributed by atoms with E-state index in [0.717, 1.165) is 28.1 Å². The molecule has 2 nitrogen and oxygen atoms in total. The highest BCUT2D eigenvalue weighted by molar-refractivity contribution is 6.28. The van der Waals surface area contributed by atoms with Gasteiger partial charge in [-0.15, -0.1) is 0 Å². The summed E-state index contributed by atoms with van der Waals surface area (Å²) in [5, 5.41) is 0.272. The van der Waals surface area contributed by atoms with E-state index in [0.29, 0.717) is 0 Å². The lowest BCUT2D eigenvalue weighted by molar-refractivity contribution is 1.14. The minimum atomic E-state index is 0.272. The van der Waals surface area contributed by atoms with Crippen molar-refractivity contribution in [3.05, 3.63) is 71.5 Å². The van der Waals surface area contributed by atoms with E-state index >= 15 is 0 Å². The van der Waals surface area contributed by atoms with Gasteiger partial charge in [0.05, 0.1) is 11.4 Å². The molecule has 0 aliphatic heterocycles. The van der Waals surface area contributed by atoms with Crippen LogP contribution in [0.3, 0.4) is 0 Å². The van der Waals surface area contributed by atoms with Gasteiger partial charge in [0.25, 0.3) is 0 Å². The maximum absolute atomic E-state index is 6.10. The Morgan fingerprint density at radius 2 is 1.10 bits per heavy atom. The molecule has 0 atom stereocenters. The Morgan fingerprint density at radius 3 is 1.50 bits per heavy atom. The standard InChI is InChI=1S/C17H13ClN2/c1-12-15(13-8-4-2-5-9-13)19-17(18)20-16(12)14-10-6-3-7-11-14/h2-11H,1H3. The minimum absolute atomic E-state index is 0.272. The molecule has 0 saturated carbocycles. The van der Waals surface area contributed by atoms with Crippen LogP contribution in [-0.4, -0.2) is 9.97 Å². The lowest BCUT2D eigenvalue weighted by Gasteiger charge is -2.11. The smallest absolute Gasteiger partial charge is 0.218 e. The second-order valence-corrected chi connectivity index (χ2v) is 4.88. The van der Waals surface area contributed by atoms with Crippen molar-refractivity contribution < 1.29 is 0 Å². The van der Waals surface area contributed by atoms with Gasteiger partial charge in [-0.25, -0.2) is 9.97 Å². The molecule has 0 amide bonds. The third-order valence-corrected chi connectivity index (χ3v) is 3.38. The molecule has 1 heterocycles. The first kappa shape index (κ1) is 12.8. The molecule has 0 spiro atoms. The first-order valence-electron chi connectivity index (χ1n) is 6.40. The molecule has 3 aromatic rings. The molecule has 0 unspecified atom stereocenters. The highest BCUT2D eigenvalue weighted by Crippen LogP contribution is 2.29. The van der Waals surface area contributed by atoms with Crippen LogP contribution in [0.25, 0.3) is 22.5 Å². The van der Waals surface area contributed by atoms with Crippen LogP contribution in [0.15, 0.2) is 60.7 Å². The molecule has 20 heavy (non-hydrogen) atoms. The summed E-state index contributed by atoms with van der Waals surface area (Å²) in [5.74, 6) is 0. The molecule has 2 aromatic carbocycles. The number of aromatic nitrogens is 2. The van der Waals surface area contributed by atoms with Crippen molar-refractivity contribution in [3.63, 3.8) is 0 Å². The van der Waals surface area contributed by atoms with Crippen LogP contribution in [0.5, 0.6) is 0 Å². The van der Waals surface area contributed by atoms with Crippen molar-refractivity contribution in [2.24, 2.45) is 0 Å². The number of hydrogen-bond donors (Lipinski definition) is 0. The van der Waals surface area contributed by atoms with Crippen LogP contribution in [0.1, 0.15) is 5.56 Å². The van der Waals surface area contributed by atoms with Gasteiger partial charge in [-0.3, -0.25) is 0 Å². The van der Waals surface area contributed by atoms with Gasteiger partial charge in [-0.2, -0.15) is 0 Å². The van der Waals surface area contributed by atoms with Gasteiger partial charge in [0.1, 0.15) is 0 Å². The second kappa shape index (κ2) is 5.43. The molecule has 0 radical (unpaired) electrons. The molecular weight excluding hydrogens is 268 g/mol. The van der Waals surface area contributed by atoms with E-state index in [4.69, 9.17) is 11.6 Å². The van der Waals surface area contributed by atoms with Crippen molar-refractivity contribution in [2.75, 3.05) is 0 Å². The maximum Gasteiger partial charge on any atom is 0.223 e. The molecular formula is C17H13ClN2. The molecule has 0 bridgehead atoms. The van der Waals surface area contributed by atoms with Crippen LogP contribution < -0.4 is 0 Å². The van der Waals surface area contributed by atoms with E-state index < -0.39 is 0 Å². The fraction of sp³-hybridized carbons (Fsp3) is 0.0588. The molecule has 0 N–H and O–H groups in total. The average Bonchev–Trinajstić information content (AvgIpc) is 2.51. The Morgan fingerprint density at radius 1 is 0.700 bits per heavy atom. The molecule has 3 rings (SSSR count). The van der Waals surface area contributed by atoms with Gasteiger partial charge >= 0.3 is 0 Å².